The van der Waals surface area contributed by atoms with Gasteiger partial charge in [0, 0.05) is 26.2 Å². The summed E-state index contributed by atoms with van der Waals surface area (Å²) in [4.78, 5) is 26.8. The van der Waals surface area contributed by atoms with Crippen LogP contribution in [0.1, 0.15) is 5.56 Å². The van der Waals surface area contributed by atoms with E-state index < -0.39 is 0 Å². The molecule has 2 rings (SSSR count). The van der Waals surface area contributed by atoms with Crippen molar-refractivity contribution in [1.29, 1.82) is 0 Å². The number of carbonyl (C=O) groups excluding carboxylic acids is 2. The Kier molecular flexibility index (Phi) is 6.58. The normalized spacial score (nSPS) is 14.6. The molecule has 0 spiro atoms. The first-order chi connectivity index (χ1) is 9.61. The summed E-state index contributed by atoms with van der Waals surface area (Å²) in [6.45, 7) is 1.90. The first-order valence-electron chi connectivity index (χ1n) is 6.61. The molecule has 0 radical (unpaired) electrons. The van der Waals surface area contributed by atoms with Crippen molar-refractivity contribution in [1.82, 2.24) is 9.80 Å². The van der Waals surface area contributed by atoms with Gasteiger partial charge >= 0.3 is 0 Å². The van der Waals surface area contributed by atoms with Gasteiger partial charge in [0.2, 0.25) is 11.8 Å². The highest BCUT2D eigenvalue weighted by atomic mass is 35.5. The summed E-state index contributed by atoms with van der Waals surface area (Å²) >= 11 is 0. The Hall–Kier alpha value is -1.66. The molecule has 1 aliphatic heterocycles. The molecule has 1 aliphatic rings. The lowest BCUT2D eigenvalue weighted by Gasteiger charge is -2.34. The van der Waals surface area contributed by atoms with E-state index >= 15 is 0 Å². The van der Waals surface area contributed by atoms with Crippen LogP contribution in [0.2, 0.25) is 0 Å². The first-order valence-corrected chi connectivity index (χ1v) is 6.61. The lowest BCUT2D eigenvalue weighted by Crippen LogP contribution is -2.52. The van der Waals surface area contributed by atoms with Gasteiger partial charge < -0.3 is 15.5 Å². The predicted molar refractivity (Wildman–Crippen MR) is 79.6 cm³/mol. The fourth-order valence-electron chi connectivity index (χ4n) is 2.25. The molecule has 2 N–H and O–H groups in total. The number of amides is 2. The van der Waals surface area contributed by atoms with Gasteiger partial charge in [-0.3, -0.25) is 9.59 Å². The van der Waals surface area contributed by atoms with E-state index in [4.69, 9.17) is 5.73 Å². The van der Waals surface area contributed by atoms with Crippen LogP contribution in [0.5, 0.6) is 0 Å². The molecule has 116 valence electrons. The standard InChI is InChI=1S/C14H18FN3O2.ClH/c15-12-4-2-1-3-11(12)9-13(19)17-5-7-18(8-6-17)14(20)10-16;/h1-4H,5-10,16H2;1H. The van der Waals surface area contributed by atoms with Crippen LogP contribution in [-0.4, -0.2) is 54.3 Å². The molecule has 0 aliphatic carbocycles. The van der Waals surface area contributed by atoms with E-state index in [0.717, 1.165) is 0 Å². The summed E-state index contributed by atoms with van der Waals surface area (Å²) in [6.07, 6.45) is 0.0531. The summed E-state index contributed by atoms with van der Waals surface area (Å²) in [5.74, 6) is -0.584. The number of rotatable bonds is 3. The second-order valence-corrected chi connectivity index (χ2v) is 4.73. The molecule has 7 heteroatoms. The fourth-order valence-corrected chi connectivity index (χ4v) is 2.25. The van der Waals surface area contributed by atoms with Gasteiger partial charge in [0.05, 0.1) is 13.0 Å². The molecule has 1 fully saturated rings. The molecule has 0 aromatic heterocycles. The molecule has 5 nitrogen and oxygen atoms in total. The van der Waals surface area contributed by atoms with Crippen LogP contribution in [0.3, 0.4) is 0 Å². The van der Waals surface area contributed by atoms with Crippen LogP contribution < -0.4 is 5.73 Å². The number of nitrogens with zero attached hydrogens (tertiary/aromatic N) is 2. The smallest absolute Gasteiger partial charge is 0.236 e. The molecule has 1 aromatic rings. The van der Waals surface area contributed by atoms with Gasteiger partial charge in [0.15, 0.2) is 0 Å². The zero-order valence-corrected chi connectivity index (χ0v) is 12.4. The zero-order valence-electron chi connectivity index (χ0n) is 11.6. The Labute approximate surface area is 129 Å². The molecule has 1 aromatic carbocycles. The number of nitrogens with two attached hydrogens (primary N) is 1. The Balaban J connectivity index is 0.00000220. The van der Waals surface area contributed by atoms with Crippen LogP contribution >= 0.6 is 12.4 Å². The number of piperazine rings is 1. The predicted octanol–water partition coefficient (Wildman–Crippen LogP) is 0.419. The van der Waals surface area contributed by atoms with Crippen molar-refractivity contribution in [2.24, 2.45) is 5.73 Å². The summed E-state index contributed by atoms with van der Waals surface area (Å²) in [5.41, 5.74) is 5.70. The molecule has 2 amide bonds. The summed E-state index contributed by atoms with van der Waals surface area (Å²) in [5, 5.41) is 0. The van der Waals surface area contributed by atoms with Crippen LogP contribution in [0, 0.1) is 5.82 Å². The number of benzene rings is 1. The van der Waals surface area contributed by atoms with Crippen molar-refractivity contribution in [3.8, 4) is 0 Å². The van der Waals surface area contributed by atoms with Gasteiger partial charge in [0.25, 0.3) is 0 Å². The van der Waals surface area contributed by atoms with Crippen molar-refractivity contribution in [2.75, 3.05) is 32.7 Å². The van der Waals surface area contributed by atoms with Gasteiger partial charge in [-0.25, -0.2) is 4.39 Å². The topological polar surface area (TPSA) is 66.6 Å². The minimum atomic E-state index is -0.363. The minimum absolute atomic E-state index is 0. The molecule has 1 saturated heterocycles. The second kappa shape index (κ2) is 7.95. The fraction of sp³-hybridized carbons (Fsp3) is 0.429. The maximum atomic E-state index is 13.5. The van der Waals surface area contributed by atoms with Gasteiger partial charge in [-0.05, 0) is 11.6 Å². The molecule has 0 unspecified atom stereocenters. The molecule has 0 bridgehead atoms. The van der Waals surface area contributed by atoms with E-state index in [1.807, 2.05) is 0 Å². The van der Waals surface area contributed by atoms with Crippen molar-refractivity contribution in [2.45, 2.75) is 6.42 Å². The van der Waals surface area contributed by atoms with Crippen molar-refractivity contribution >= 4 is 24.2 Å². The van der Waals surface area contributed by atoms with Crippen molar-refractivity contribution < 1.29 is 14.0 Å². The number of hydrogen-bond acceptors (Lipinski definition) is 3. The Morgan fingerprint density at radius 1 is 1.05 bits per heavy atom. The minimum Gasteiger partial charge on any atom is -0.339 e. The highest BCUT2D eigenvalue weighted by molar-refractivity contribution is 5.85. The maximum absolute atomic E-state index is 13.5. The van der Waals surface area contributed by atoms with E-state index in [-0.39, 0.29) is 43.0 Å². The number of hydrogen-bond donors (Lipinski definition) is 1. The van der Waals surface area contributed by atoms with Crippen molar-refractivity contribution in [3.63, 3.8) is 0 Å². The lowest BCUT2D eigenvalue weighted by molar-refractivity contribution is -0.138. The largest absolute Gasteiger partial charge is 0.339 e. The van der Waals surface area contributed by atoms with E-state index in [0.29, 0.717) is 31.7 Å². The van der Waals surface area contributed by atoms with E-state index in [1.54, 1.807) is 28.0 Å². The summed E-state index contributed by atoms with van der Waals surface area (Å²) in [6, 6.07) is 6.27. The molecule has 1 heterocycles. The van der Waals surface area contributed by atoms with Gasteiger partial charge in [-0.2, -0.15) is 0 Å². The van der Waals surface area contributed by atoms with Gasteiger partial charge in [-0.15, -0.1) is 12.4 Å². The highest BCUT2D eigenvalue weighted by Gasteiger charge is 2.23. The Morgan fingerprint density at radius 3 is 2.10 bits per heavy atom. The van der Waals surface area contributed by atoms with Crippen LogP contribution in [0.4, 0.5) is 4.39 Å². The van der Waals surface area contributed by atoms with E-state index in [9.17, 15) is 14.0 Å². The summed E-state index contributed by atoms with van der Waals surface area (Å²) in [7, 11) is 0. The van der Waals surface area contributed by atoms with Crippen molar-refractivity contribution in [3.05, 3.63) is 35.6 Å². The highest BCUT2D eigenvalue weighted by Crippen LogP contribution is 2.10. The monoisotopic (exact) mass is 315 g/mol. The lowest BCUT2D eigenvalue weighted by atomic mass is 10.1. The molecular weight excluding hydrogens is 297 g/mol. The average molecular weight is 316 g/mol. The Bertz CT molecular complexity index is 505. The molecule has 0 saturated carbocycles. The van der Waals surface area contributed by atoms with E-state index in [2.05, 4.69) is 0 Å². The number of carbonyl (C=O) groups is 2. The van der Waals surface area contributed by atoms with Crippen LogP contribution in [0.15, 0.2) is 24.3 Å². The molecule has 21 heavy (non-hydrogen) atoms. The quantitative estimate of drug-likeness (QED) is 0.879. The summed E-state index contributed by atoms with van der Waals surface area (Å²) < 4.78 is 13.5. The third kappa shape index (κ3) is 4.41. The van der Waals surface area contributed by atoms with Gasteiger partial charge in [0.1, 0.15) is 5.82 Å². The molecular formula is C14H19ClFN3O2. The zero-order chi connectivity index (χ0) is 14.5. The average Bonchev–Trinajstić information content (AvgIpc) is 2.49. The second-order valence-electron chi connectivity index (χ2n) is 4.73. The third-order valence-electron chi connectivity index (χ3n) is 3.46. The van der Waals surface area contributed by atoms with Crippen LogP contribution in [-0.2, 0) is 16.0 Å². The van der Waals surface area contributed by atoms with Gasteiger partial charge in [-0.1, -0.05) is 18.2 Å². The Morgan fingerprint density at radius 2 is 1.57 bits per heavy atom. The first kappa shape index (κ1) is 17.4. The third-order valence-corrected chi connectivity index (χ3v) is 3.46. The number of halogens is 2. The molecule has 0 atom stereocenters. The SMILES string of the molecule is Cl.NCC(=O)N1CCN(C(=O)Cc2ccccc2F)CC1. The van der Waals surface area contributed by atoms with Crippen LogP contribution in [0.25, 0.3) is 0 Å². The van der Waals surface area contributed by atoms with E-state index in [1.165, 1.54) is 6.07 Å². The maximum Gasteiger partial charge on any atom is 0.236 e.